The van der Waals surface area contributed by atoms with Gasteiger partial charge in [-0.3, -0.25) is 0 Å². The van der Waals surface area contributed by atoms with E-state index in [0.717, 1.165) is 11.3 Å². The molecule has 0 bridgehead atoms. The average Bonchev–Trinajstić information content (AvgIpc) is 3.36. The lowest BCUT2D eigenvalue weighted by Gasteiger charge is -2.09. The molecule has 2 heterocycles. The SMILES string of the molecule is COc1ccccc1-c1nnc(S[C@@H](C)c2nnc(-c3ccc(F)cc3)o2)n1C. The summed E-state index contributed by atoms with van der Waals surface area (Å²) < 4.78 is 26.2. The fourth-order valence-corrected chi connectivity index (χ4v) is 3.64. The molecule has 0 saturated carbocycles. The number of nitrogens with zero attached hydrogens (tertiary/aromatic N) is 5. The molecular weight excluding hydrogens is 393 g/mol. The molecule has 0 amide bonds. The summed E-state index contributed by atoms with van der Waals surface area (Å²) in [7, 11) is 3.52. The van der Waals surface area contributed by atoms with Gasteiger partial charge >= 0.3 is 0 Å². The summed E-state index contributed by atoms with van der Waals surface area (Å²) >= 11 is 1.46. The minimum absolute atomic E-state index is 0.148. The van der Waals surface area contributed by atoms with Crippen LogP contribution in [0.1, 0.15) is 18.1 Å². The Morgan fingerprint density at radius 2 is 1.79 bits per heavy atom. The van der Waals surface area contributed by atoms with Gasteiger partial charge in [-0.15, -0.1) is 20.4 Å². The predicted octanol–water partition coefficient (Wildman–Crippen LogP) is 4.53. The van der Waals surface area contributed by atoms with E-state index in [9.17, 15) is 4.39 Å². The summed E-state index contributed by atoms with van der Waals surface area (Å²) in [4.78, 5) is 0. The summed E-state index contributed by atoms with van der Waals surface area (Å²) in [6.45, 7) is 1.95. The molecule has 0 spiro atoms. The van der Waals surface area contributed by atoms with Gasteiger partial charge in [0.05, 0.1) is 17.9 Å². The van der Waals surface area contributed by atoms with E-state index in [0.29, 0.717) is 28.3 Å². The number of thioether (sulfide) groups is 1. The van der Waals surface area contributed by atoms with E-state index < -0.39 is 0 Å². The molecule has 0 aliphatic rings. The van der Waals surface area contributed by atoms with Gasteiger partial charge in [0.1, 0.15) is 11.6 Å². The van der Waals surface area contributed by atoms with Crippen LogP contribution in [-0.2, 0) is 7.05 Å². The molecule has 0 N–H and O–H groups in total. The van der Waals surface area contributed by atoms with Crippen molar-refractivity contribution in [3.05, 3.63) is 60.2 Å². The highest BCUT2D eigenvalue weighted by molar-refractivity contribution is 7.99. The fraction of sp³-hybridized carbons (Fsp3) is 0.200. The average molecular weight is 411 g/mol. The van der Waals surface area contributed by atoms with E-state index in [1.807, 2.05) is 42.8 Å². The molecule has 0 radical (unpaired) electrons. The predicted molar refractivity (Wildman–Crippen MR) is 107 cm³/mol. The van der Waals surface area contributed by atoms with Crippen molar-refractivity contribution in [2.75, 3.05) is 7.11 Å². The van der Waals surface area contributed by atoms with Crippen molar-refractivity contribution in [2.45, 2.75) is 17.3 Å². The van der Waals surface area contributed by atoms with Gasteiger partial charge in [0, 0.05) is 12.6 Å². The Hall–Kier alpha value is -3.20. The third kappa shape index (κ3) is 3.86. The van der Waals surface area contributed by atoms with Crippen molar-refractivity contribution < 1.29 is 13.5 Å². The number of hydrogen-bond donors (Lipinski definition) is 0. The number of halogens is 1. The number of para-hydroxylation sites is 1. The van der Waals surface area contributed by atoms with Crippen molar-refractivity contribution in [3.8, 4) is 28.6 Å². The van der Waals surface area contributed by atoms with Crippen molar-refractivity contribution in [2.24, 2.45) is 7.05 Å². The minimum atomic E-state index is -0.314. The van der Waals surface area contributed by atoms with Gasteiger partial charge in [-0.2, -0.15) is 0 Å². The highest BCUT2D eigenvalue weighted by Gasteiger charge is 2.21. The Morgan fingerprint density at radius 1 is 1.03 bits per heavy atom. The third-order valence-electron chi connectivity index (χ3n) is 4.34. The molecular formula is C20H18FN5O2S. The lowest BCUT2D eigenvalue weighted by molar-refractivity contribution is 0.416. The van der Waals surface area contributed by atoms with Crippen molar-refractivity contribution in [1.82, 2.24) is 25.0 Å². The van der Waals surface area contributed by atoms with E-state index in [-0.39, 0.29) is 11.1 Å². The molecule has 0 fully saturated rings. The number of methoxy groups -OCH3 is 1. The Bertz CT molecular complexity index is 1130. The second kappa shape index (κ2) is 8.04. The Morgan fingerprint density at radius 3 is 2.55 bits per heavy atom. The number of hydrogen-bond acceptors (Lipinski definition) is 7. The molecule has 7 nitrogen and oxygen atoms in total. The van der Waals surface area contributed by atoms with Gasteiger partial charge in [-0.05, 0) is 43.3 Å². The Balaban J connectivity index is 1.54. The van der Waals surface area contributed by atoms with Crippen LogP contribution in [0.4, 0.5) is 4.39 Å². The summed E-state index contributed by atoms with van der Waals surface area (Å²) in [5.74, 6) is 1.92. The molecule has 0 saturated heterocycles. The Labute approximate surface area is 170 Å². The van der Waals surface area contributed by atoms with Crippen LogP contribution in [0, 0.1) is 5.82 Å². The highest BCUT2D eigenvalue weighted by atomic mass is 32.2. The normalized spacial score (nSPS) is 12.1. The van der Waals surface area contributed by atoms with Crippen molar-refractivity contribution in [3.63, 3.8) is 0 Å². The molecule has 1 atom stereocenters. The summed E-state index contributed by atoms with van der Waals surface area (Å²) in [6, 6.07) is 13.6. The van der Waals surface area contributed by atoms with E-state index in [1.165, 1.54) is 23.9 Å². The first-order valence-electron chi connectivity index (χ1n) is 8.85. The first-order chi connectivity index (χ1) is 14.1. The number of rotatable bonds is 6. The fourth-order valence-electron chi connectivity index (χ4n) is 2.80. The number of aromatic nitrogens is 5. The van der Waals surface area contributed by atoms with Crippen molar-refractivity contribution in [1.29, 1.82) is 0 Å². The van der Waals surface area contributed by atoms with Gasteiger partial charge in [0.15, 0.2) is 11.0 Å². The first-order valence-corrected chi connectivity index (χ1v) is 9.73. The van der Waals surface area contributed by atoms with Gasteiger partial charge in [-0.25, -0.2) is 4.39 Å². The molecule has 0 unspecified atom stereocenters. The third-order valence-corrected chi connectivity index (χ3v) is 5.47. The lowest BCUT2D eigenvalue weighted by Crippen LogP contribution is -1.98. The maximum absolute atomic E-state index is 13.1. The standard InChI is InChI=1S/C20H18FN5O2S/c1-12(18-23-24-19(28-18)13-8-10-14(21)11-9-13)29-20-25-22-17(26(20)2)15-6-4-5-7-16(15)27-3/h4-12H,1-3H3/t12-/m0/s1. The number of benzene rings is 2. The van der Waals surface area contributed by atoms with Crippen LogP contribution in [-0.4, -0.2) is 32.1 Å². The lowest BCUT2D eigenvalue weighted by atomic mass is 10.2. The molecule has 2 aromatic heterocycles. The maximum Gasteiger partial charge on any atom is 0.247 e. The van der Waals surface area contributed by atoms with E-state index in [2.05, 4.69) is 20.4 Å². The maximum atomic E-state index is 13.1. The molecule has 0 aliphatic heterocycles. The monoisotopic (exact) mass is 411 g/mol. The second-order valence-corrected chi connectivity index (χ2v) is 7.59. The zero-order valence-corrected chi connectivity index (χ0v) is 16.9. The molecule has 4 aromatic rings. The molecule has 148 valence electrons. The Kier molecular flexibility index (Phi) is 5.30. The summed E-state index contributed by atoms with van der Waals surface area (Å²) in [5, 5.41) is 17.4. The minimum Gasteiger partial charge on any atom is -0.496 e. The van der Waals surface area contributed by atoms with E-state index in [1.54, 1.807) is 19.2 Å². The van der Waals surface area contributed by atoms with Gasteiger partial charge < -0.3 is 13.7 Å². The molecule has 0 aliphatic carbocycles. The zero-order valence-electron chi connectivity index (χ0n) is 16.0. The van der Waals surface area contributed by atoms with Crippen LogP contribution >= 0.6 is 11.8 Å². The van der Waals surface area contributed by atoms with Crippen LogP contribution in [0.15, 0.2) is 58.1 Å². The second-order valence-electron chi connectivity index (χ2n) is 6.28. The van der Waals surface area contributed by atoms with Crippen LogP contribution in [0.5, 0.6) is 5.75 Å². The molecule has 4 rings (SSSR count). The van der Waals surface area contributed by atoms with Crippen molar-refractivity contribution >= 4 is 11.8 Å². The van der Waals surface area contributed by atoms with E-state index >= 15 is 0 Å². The smallest absolute Gasteiger partial charge is 0.247 e. The first kappa shape index (κ1) is 19.1. The summed E-state index contributed by atoms with van der Waals surface area (Å²) in [6.07, 6.45) is 0. The quantitative estimate of drug-likeness (QED) is 0.431. The van der Waals surface area contributed by atoms with Crippen LogP contribution in [0.25, 0.3) is 22.8 Å². The van der Waals surface area contributed by atoms with Crippen LogP contribution in [0.2, 0.25) is 0 Å². The molecule has 2 aromatic carbocycles. The molecule has 9 heteroatoms. The van der Waals surface area contributed by atoms with Crippen LogP contribution in [0.3, 0.4) is 0 Å². The van der Waals surface area contributed by atoms with E-state index in [4.69, 9.17) is 9.15 Å². The zero-order chi connectivity index (χ0) is 20.4. The van der Waals surface area contributed by atoms with Gasteiger partial charge in [0.25, 0.3) is 0 Å². The van der Waals surface area contributed by atoms with Gasteiger partial charge in [0.2, 0.25) is 11.8 Å². The molecule has 29 heavy (non-hydrogen) atoms. The summed E-state index contributed by atoms with van der Waals surface area (Å²) in [5.41, 5.74) is 1.53. The highest BCUT2D eigenvalue weighted by Crippen LogP contribution is 2.36. The topological polar surface area (TPSA) is 78.9 Å². The number of ether oxygens (including phenoxy) is 1. The van der Waals surface area contributed by atoms with Crippen LogP contribution < -0.4 is 4.74 Å². The largest absolute Gasteiger partial charge is 0.496 e. The van der Waals surface area contributed by atoms with Gasteiger partial charge in [-0.1, -0.05) is 23.9 Å².